The summed E-state index contributed by atoms with van der Waals surface area (Å²) in [5.41, 5.74) is 3.91. The van der Waals surface area contributed by atoms with Gasteiger partial charge in [0.2, 0.25) is 0 Å². The summed E-state index contributed by atoms with van der Waals surface area (Å²) in [5, 5.41) is 8.69. The summed E-state index contributed by atoms with van der Waals surface area (Å²) in [5.74, 6) is 0. The Morgan fingerprint density at radius 2 is 1.68 bits per heavy atom. The molecule has 4 heterocycles. The minimum absolute atomic E-state index is 0.266. The van der Waals surface area contributed by atoms with Crippen LogP contribution in [0.15, 0.2) is 55.2 Å². The topological polar surface area (TPSA) is 80.8 Å². The van der Waals surface area contributed by atoms with Crippen LogP contribution in [0, 0.1) is 0 Å². The molecule has 12 heteroatoms. The Bertz CT molecular complexity index is 1330. The third-order valence-electron chi connectivity index (χ3n) is 6.20. The highest BCUT2D eigenvalue weighted by atomic mass is 19.4. The molecule has 9 nitrogen and oxygen atoms in total. The molecule has 196 valence electrons. The molecule has 0 spiro atoms. The molecule has 0 radical (unpaired) electrons. The van der Waals surface area contributed by atoms with Crippen LogP contribution in [0.5, 0.6) is 0 Å². The zero-order valence-corrected chi connectivity index (χ0v) is 20.8. The number of fused-ring (bicyclic) bond motifs is 1. The van der Waals surface area contributed by atoms with Crippen molar-refractivity contribution in [3.63, 3.8) is 0 Å². The number of piperazine rings is 1. The zero-order valence-electron chi connectivity index (χ0n) is 20.8. The average molecular weight is 516 g/mol. The molecule has 3 aromatic heterocycles. The summed E-state index contributed by atoms with van der Waals surface area (Å²) in [7, 11) is 4.07. The van der Waals surface area contributed by atoms with Crippen molar-refractivity contribution < 1.29 is 22.7 Å². The van der Waals surface area contributed by atoms with Gasteiger partial charge in [-0.15, -0.1) is 0 Å². The number of rotatable bonds is 5. The number of carbonyl (C=O) groups is 1. The fraction of sp³-hybridized carbons (Fsp3) is 0.360. The molecule has 5 rings (SSSR count). The van der Waals surface area contributed by atoms with Crippen molar-refractivity contribution in [1.29, 1.82) is 0 Å². The first-order valence-corrected chi connectivity index (χ1v) is 11.7. The van der Waals surface area contributed by atoms with Gasteiger partial charge in [-0.3, -0.25) is 14.5 Å². The number of aryl methyl sites for hydroxylation is 1. The largest absolute Gasteiger partial charge is 0.460 e. The smallest absolute Gasteiger partial charge is 0.416 e. The van der Waals surface area contributed by atoms with Crippen LogP contribution < -0.4 is 4.90 Å². The van der Waals surface area contributed by atoms with E-state index < -0.39 is 17.8 Å². The van der Waals surface area contributed by atoms with Gasteiger partial charge in [0, 0.05) is 45.0 Å². The Morgan fingerprint density at radius 1 is 0.973 bits per heavy atom. The summed E-state index contributed by atoms with van der Waals surface area (Å²) in [4.78, 5) is 19.3. The fourth-order valence-corrected chi connectivity index (χ4v) is 3.97. The van der Waals surface area contributed by atoms with Crippen LogP contribution in [0.4, 0.5) is 18.9 Å². The van der Waals surface area contributed by atoms with E-state index in [1.807, 2.05) is 42.5 Å². The van der Waals surface area contributed by atoms with Crippen LogP contribution in [0.1, 0.15) is 24.2 Å². The Labute approximate surface area is 212 Å². The quantitative estimate of drug-likeness (QED) is 0.374. The van der Waals surface area contributed by atoms with Crippen molar-refractivity contribution in [2.45, 2.75) is 19.2 Å². The molecule has 1 atom stereocenters. The van der Waals surface area contributed by atoms with Crippen molar-refractivity contribution in [1.82, 2.24) is 29.3 Å². The van der Waals surface area contributed by atoms with E-state index in [1.165, 1.54) is 17.8 Å². The number of halogens is 3. The molecule has 1 fully saturated rings. The van der Waals surface area contributed by atoms with E-state index >= 15 is 0 Å². The SMILES string of the molecule is CC(OC=O)c1ccc(C(F)(F)F)cc1.CN1CCN(c2cnn3cc(-c4cnn(C)c4)ncc23)CC1. The molecule has 1 unspecified atom stereocenters. The second-order valence-electron chi connectivity index (χ2n) is 8.82. The number of hydrogen-bond donors (Lipinski definition) is 0. The van der Waals surface area contributed by atoms with Gasteiger partial charge in [0.1, 0.15) is 11.6 Å². The highest BCUT2D eigenvalue weighted by molar-refractivity contribution is 5.73. The van der Waals surface area contributed by atoms with Gasteiger partial charge < -0.3 is 14.5 Å². The standard InChI is InChI=1S/C15H19N7.C10H9F3O2/c1-19-3-5-21(6-4-19)14-9-18-22-11-13(16-8-15(14)22)12-7-17-20(2)10-12;1-7(15-6-14)8-2-4-9(5-3-8)10(11,12)13/h7-11H,3-6H2,1-2H3;2-7H,1H3. The number of aromatic nitrogens is 5. The third kappa shape index (κ3) is 6.26. The highest BCUT2D eigenvalue weighted by Gasteiger charge is 2.30. The molecule has 1 aliphatic rings. The lowest BCUT2D eigenvalue weighted by atomic mass is 10.1. The minimum Gasteiger partial charge on any atom is -0.460 e. The van der Waals surface area contributed by atoms with Crippen molar-refractivity contribution in [2.75, 3.05) is 38.1 Å². The predicted octanol–water partition coefficient (Wildman–Crippen LogP) is 3.82. The van der Waals surface area contributed by atoms with Crippen LogP contribution in [0.25, 0.3) is 16.8 Å². The number of likely N-dealkylation sites (N-methyl/N-ethyl adjacent to an activating group) is 1. The van der Waals surface area contributed by atoms with Gasteiger partial charge in [0.05, 0.1) is 41.7 Å². The first-order chi connectivity index (χ1) is 17.7. The maximum atomic E-state index is 12.2. The van der Waals surface area contributed by atoms with E-state index in [9.17, 15) is 18.0 Å². The molecule has 1 aliphatic heterocycles. The summed E-state index contributed by atoms with van der Waals surface area (Å²) in [6, 6.07) is 4.49. The number of alkyl halides is 3. The van der Waals surface area contributed by atoms with Crippen molar-refractivity contribution in [2.24, 2.45) is 7.05 Å². The summed E-state index contributed by atoms with van der Waals surface area (Å²) < 4.78 is 44.8. The molecule has 0 bridgehead atoms. The number of anilines is 1. The lowest BCUT2D eigenvalue weighted by Gasteiger charge is -2.33. The van der Waals surface area contributed by atoms with Gasteiger partial charge >= 0.3 is 6.18 Å². The lowest BCUT2D eigenvalue weighted by Crippen LogP contribution is -2.44. The Kier molecular flexibility index (Phi) is 7.77. The average Bonchev–Trinajstić information content (AvgIpc) is 3.50. The van der Waals surface area contributed by atoms with Gasteiger partial charge in [-0.2, -0.15) is 23.4 Å². The van der Waals surface area contributed by atoms with Gasteiger partial charge in [0.25, 0.3) is 6.47 Å². The molecule has 0 saturated carbocycles. The first-order valence-electron chi connectivity index (χ1n) is 11.7. The maximum Gasteiger partial charge on any atom is 0.416 e. The molecule has 0 amide bonds. The lowest BCUT2D eigenvalue weighted by molar-refractivity contribution is -0.138. The second-order valence-corrected chi connectivity index (χ2v) is 8.82. The molecular weight excluding hydrogens is 487 g/mol. The summed E-state index contributed by atoms with van der Waals surface area (Å²) >= 11 is 0. The minimum atomic E-state index is -4.34. The molecule has 37 heavy (non-hydrogen) atoms. The Hall–Kier alpha value is -3.93. The van der Waals surface area contributed by atoms with E-state index in [1.54, 1.807) is 11.6 Å². The second kappa shape index (κ2) is 11.0. The first kappa shape index (κ1) is 26.1. The predicted molar refractivity (Wildman–Crippen MR) is 132 cm³/mol. The van der Waals surface area contributed by atoms with Gasteiger partial charge in [-0.05, 0) is 31.7 Å². The Balaban J connectivity index is 0.000000188. The van der Waals surface area contributed by atoms with E-state index in [4.69, 9.17) is 0 Å². The number of benzene rings is 1. The number of carbonyl (C=O) groups excluding carboxylic acids is 1. The fourth-order valence-electron chi connectivity index (χ4n) is 3.97. The normalized spacial score (nSPS) is 15.2. The number of nitrogens with zero attached hydrogens (tertiary/aromatic N) is 7. The molecule has 1 aromatic carbocycles. The number of hydrogen-bond acceptors (Lipinski definition) is 7. The van der Waals surface area contributed by atoms with Crippen LogP contribution in [-0.2, 0) is 22.8 Å². The highest BCUT2D eigenvalue weighted by Crippen LogP contribution is 2.30. The van der Waals surface area contributed by atoms with E-state index in [0.717, 1.165) is 55.1 Å². The van der Waals surface area contributed by atoms with Gasteiger partial charge in [-0.1, -0.05) is 12.1 Å². The Morgan fingerprint density at radius 3 is 2.27 bits per heavy atom. The van der Waals surface area contributed by atoms with Gasteiger partial charge in [-0.25, -0.2) is 4.52 Å². The molecule has 0 aliphatic carbocycles. The van der Waals surface area contributed by atoms with Crippen molar-refractivity contribution >= 4 is 17.7 Å². The maximum absolute atomic E-state index is 12.2. The molecule has 4 aromatic rings. The summed E-state index contributed by atoms with van der Waals surface area (Å²) in [6.07, 6.45) is 4.71. The zero-order chi connectivity index (χ0) is 26.6. The van der Waals surface area contributed by atoms with Crippen LogP contribution in [-0.4, -0.2) is 69.0 Å². The van der Waals surface area contributed by atoms with E-state index in [-0.39, 0.29) is 6.47 Å². The molecule has 1 saturated heterocycles. The third-order valence-corrected chi connectivity index (χ3v) is 6.20. The van der Waals surface area contributed by atoms with Crippen LogP contribution in [0.2, 0.25) is 0 Å². The molecule has 0 N–H and O–H groups in total. The van der Waals surface area contributed by atoms with Gasteiger partial charge in [0.15, 0.2) is 0 Å². The summed E-state index contributed by atoms with van der Waals surface area (Å²) in [6.45, 7) is 6.07. The monoisotopic (exact) mass is 515 g/mol. The molecular formula is C25H28F3N7O2. The van der Waals surface area contributed by atoms with Crippen molar-refractivity contribution in [3.05, 3.63) is 66.4 Å². The van der Waals surface area contributed by atoms with Crippen molar-refractivity contribution in [3.8, 4) is 11.3 Å². The van der Waals surface area contributed by atoms with E-state index in [2.05, 4.69) is 36.8 Å². The van der Waals surface area contributed by atoms with E-state index in [0.29, 0.717) is 5.56 Å². The van der Waals surface area contributed by atoms with Crippen LogP contribution >= 0.6 is 0 Å². The van der Waals surface area contributed by atoms with Crippen LogP contribution in [0.3, 0.4) is 0 Å². The number of ether oxygens (including phenoxy) is 1.